The van der Waals surface area contributed by atoms with Crippen molar-refractivity contribution in [2.75, 3.05) is 10.2 Å². The fraction of sp³-hybridized carbons (Fsp3) is 0.109. The number of nitrogens with one attached hydrogen (secondary N) is 1. The van der Waals surface area contributed by atoms with E-state index in [9.17, 15) is 0 Å². The number of pyridine rings is 1. The van der Waals surface area contributed by atoms with Gasteiger partial charge in [-0.1, -0.05) is 189 Å². The zero-order valence-electron chi connectivity index (χ0n) is 38.6. The van der Waals surface area contributed by atoms with Gasteiger partial charge in [-0.25, -0.2) is 4.98 Å². The summed E-state index contributed by atoms with van der Waals surface area (Å²) in [4.78, 5) is 7.78. The molecule has 13 rings (SSSR count). The molecule has 0 amide bonds. The highest BCUT2D eigenvalue weighted by atomic mass is 16.5. The van der Waals surface area contributed by atoms with Crippen LogP contribution in [0.2, 0.25) is 0 Å². The maximum atomic E-state index is 7.01. The van der Waals surface area contributed by atoms with E-state index < -0.39 is 0 Å². The molecule has 9 aromatic carbocycles. The third-order valence-electron chi connectivity index (χ3n) is 14.7. The monoisotopic (exact) mass is 891 g/mol. The summed E-state index contributed by atoms with van der Waals surface area (Å²) in [6, 6.07) is 76.0. The summed E-state index contributed by atoms with van der Waals surface area (Å²) >= 11 is 0. The smallest absolute Gasteiger partial charge is 0.159 e. The summed E-state index contributed by atoms with van der Waals surface area (Å²) in [7, 11) is 0. The zero-order valence-corrected chi connectivity index (χ0v) is 38.6. The standard InChI is InChI=1S/C64H49N3O2/c1-3-41-37-48-34-33-46(38-52(48)65-61(45-25-14-7-15-26-45)59(41)43-21-10-5-11-22-43)50-27-16-29-54-63(50)68-56-31-18-32-57-62(56)67(54)55-30-17-28-51(64(55)69-57)47-35-36-49-40(2)58(42-19-8-4-9-20-42)60(66-53(49)39-47)44-23-12-6-13-24-44/h4-36,38-39,41,59,61,65H,3,37H2,1-2H3. The van der Waals surface area contributed by atoms with Gasteiger partial charge in [-0.3, -0.25) is 4.90 Å². The molecule has 0 radical (unpaired) electrons. The minimum absolute atomic E-state index is 0.0976. The number of aryl methyl sites for hydroxylation is 1. The molecule has 332 valence electrons. The summed E-state index contributed by atoms with van der Waals surface area (Å²) in [6.07, 6.45) is 2.07. The van der Waals surface area contributed by atoms with Crippen molar-refractivity contribution in [2.45, 2.75) is 38.6 Å². The molecule has 5 nitrogen and oxygen atoms in total. The number of fused-ring (bicyclic) bond motifs is 6. The Balaban J connectivity index is 0.917. The lowest BCUT2D eigenvalue weighted by Gasteiger charge is -2.39. The topological polar surface area (TPSA) is 46.6 Å². The first kappa shape index (κ1) is 40.8. The van der Waals surface area contributed by atoms with Gasteiger partial charge in [0, 0.05) is 39.2 Å². The highest BCUT2D eigenvalue weighted by Gasteiger charge is 2.38. The zero-order chi connectivity index (χ0) is 46.0. The summed E-state index contributed by atoms with van der Waals surface area (Å²) < 4.78 is 14.0. The van der Waals surface area contributed by atoms with Crippen LogP contribution in [0.25, 0.3) is 55.5 Å². The van der Waals surface area contributed by atoms with Crippen molar-refractivity contribution in [1.82, 2.24) is 4.98 Å². The molecule has 3 atom stereocenters. The third kappa shape index (κ3) is 6.87. The van der Waals surface area contributed by atoms with Crippen LogP contribution in [0, 0.1) is 12.8 Å². The number of hydrogen-bond donors (Lipinski definition) is 1. The Morgan fingerprint density at radius 1 is 0.551 bits per heavy atom. The van der Waals surface area contributed by atoms with Crippen LogP contribution >= 0.6 is 0 Å². The molecule has 0 bridgehead atoms. The van der Waals surface area contributed by atoms with Gasteiger partial charge < -0.3 is 14.8 Å². The van der Waals surface area contributed by atoms with Gasteiger partial charge in [0.15, 0.2) is 23.0 Å². The Hall–Kier alpha value is -8.41. The van der Waals surface area contributed by atoms with Crippen molar-refractivity contribution < 1.29 is 9.47 Å². The first-order chi connectivity index (χ1) is 34.1. The van der Waals surface area contributed by atoms with E-state index in [4.69, 9.17) is 14.5 Å². The Kier molecular flexibility index (Phi) is 9.90. The molecule has 1 aromatic heterocycles. The third-order valence-corrected chi connectivity index (χ3v) is 14.7. The van der Waals surface area contributed by atoms with Crippen molar-refractivity contribution in [2.24, 2.45) is 5.92 Å². The minimum Gasteiger partial charge on any atom is -0.452 e. The highest BCUT2D eigenvalue weighted by Crippen LogP contribution is 2.62. The average molecular weight is 892 g/mol. The lowest BCUT2D eigenvalue weighted by Crippen LogP contribution is -2.24. The minimum atomic E-state index is 0.0976. The molecule has 0 saturated carbocycles. The molecule has 3 unspecified atom stereocenters. The van der Waals surface area contributed by atoms with E-state index in [-0.39, 0.29) is 6.04 Å². The van der Waals surface area contributed by atoms with Gasteiger partial charge in [-0.15, -0.1) is 0 Å². The van der Waals surface area contributed by atoms with Crippen LogP contribution in [0.1, 0.15) is 47.6 Å². The van der Waals surface area contributed by atoms with Crippen LogP contribution in [-0.2, 0) is 6.42 Å². The van der Waals surface area contributed by atoms with Crippen LogP contribution in [0.5, 0.6) is 23.0 Å². The highest BCUT2D eigenvalue weighted by molar-refractivity contribution is 6.01. The molecule has 5 heteroatoms. The van der Waals surface area contributed by atoms with E-state index in [0.29, 0.717) is 11.8 Å². The second-order valence-corrected chi connectivity index (χ2v) is 18.6. The molecule has 0 spiro atoms. The number of aromatic nitrogens is 1. The second kappa shape index (κ2) is 16.7. The van der Waals surface area contributed by atoms with Crippen molar-refractivity contribution in [3.8, 4) is 67.6 Å². The van der Waals surface area contributed by atoms with Crippen molar-refractivity contribution in [3.63, 3.8) is 0 Å². The van der Waals surface area contributed by atoms with Crippen molar-refractivity contribution in [3.05, 3.63) is 235 Å². The largest absolute Gasteiger partial charge is 0.452 e. The summed E-state index contributed by atoms with van der Waals surface area (Å²) in [6.45, 7) is 4.56. The van der Waals surface area contributed by atoms with Gasteiger partial charge in [0.1, 0.15) is 5.69 Å². The summed E-state index contributed by atoms with van der Waals surface area (Å²) in [5.74, 6) is 3.86. The van der Waals surface area contributed by atoms with Crippen LogP contribution < -0.4 is 19.7 Å². The number of anilines is 4. The quantitative estimate of drug-likeness (QED) is 0.173. The Labute approximate surface area is 403 Å². The van der Waals surface area contributed by atoms with Gasteiger partial charge >= 0.3 is 0 Å². The number of hydrogen-bond acceptors (Lipinski definition) is 5. The molecule has 1 N–H and O–H groups in total. The van der Waals surface area contributed by atoms with E-state index in [2.05, 4.69) is 218 Å². The lowest BCUT2D eigenvalue weighted by atomic mass is 9.75. The van der Waals surface area contributed by atoms with Crippen molar-refractivity contribution >= 4 is 33.7 Å². The first-order valence-corrected chi connectivity index (χ1v) is 24.2. The molecule has 10 aromatic rings. The van der Waals surface area contributed by atoms with Crippen LogP contribution in [0.15, 0.2) is 212 Å². The predicted molar refractivity (Wildman–Crippen MR) is 283 cm³/mol. The van der Waals surface area contributed by atoms with Gasteiger partial charge in [-0.05, 0) is 94.6 Å². The van der Waals surface area contributed by atoms with E-state index in [0.717, 1.165) is 108 Å². The van der Waals surface area contributed by atoms with E-state index in [1.54, 1.807) is 0 Å². The number of nitrogens with zero attached hydrogens (tertiary/aromatic N) is 2. The molecular weight excluding hydrogens is 843 g/mol. The van der Waals surface area contributed by atoms with E-state index in [1.165, 1.54) is 27.9 Å². The fourth-order valence-corrected chi connectivity index (χ4v) is 11.4. The molecule has 69 heavy (non-hydrogen) atoms. The average Bonchev–Trinajstić information content (AvgIpc) is 3.58. The molecule has 0 fully saturated rings. The Bertz CT molecular complexity index is 3580. The number of benzene rings is 9. The van der Waals surface area contributed by atoms with Gasteiger partial charge in [0.05, 0.1) is 28.6 Å². The first-order valence-electron chi connectivity index (χ1n) is 24.2. The molecular formula is C64H49N3O2. The normalized spacial score (nSPS) is 16.4. The SMILES string of the molecule is CCC1Cc2ccc(-c3cccc4c3Oc3cccc5c3N4c3cccc(-c4ccc6c(C)c(-c7ccccc7)c(-c7ccccc7)nc6c4)c3O5)cc2NC(c2ccccc2)C1c1ccccc1. The van der Waals surface area contributed by atoms with Gasteiger partial charge in [0.25, 0.3) is 0 Å². The molecule has 0 aliphatic carbocycles. The molecule has 3 aliphatic heterocycles. The number of rotatable bonds is 7. The molecule has 3 aliphatic rings. The van der Waals surface area contributed by atoms with Gasteiger partial charge in [-0.2, -0.15) is 0 Å². The fourth-order valence-electron chi connectivity index (χ4n) is 11.4. The Morgan fingerprint density at radius 2 is 1.12 bits per heavy atom. The van der Waals surface area contributed by atoms with Crippen LogP contribution in [0.4, 0.5) is 22.7 Å². The van der Waals surface area contributed by atoms with Gasteiger partial charge in [0.2, 0.25) is 0 Å². The van der Waals surface area contributed by atoms with E-state index >= 15 is 0 Å². The number of para-hydroxylation sites is 3. The Morgan fingerprint density at radius 3 is 1.75 bits per heavy atom. The van der Waals surface area contributed by atoms with Crippen LogP contribution in [-0.4, -0.2) is 4.98 Å². The van der Waals surface area contributed by atoms with E-state index in [1.807, 2.05) is 18.2 Å². The summed E-state index contributed by atoms with van der Waals surface area (Å²) in [5, 5.41) is 5.25. The lowest BCUT2D eigenvalue weighted by molar-refractivity contribution is 0.379. The maximum absolute atomic E-state index is 7.01. The number of ether oxygens (including phenoxy) is 2. The van der Waals surface area contributed by atoms with Crippen LogP contribution in [0.3, 0.4) is 0 Å². The predicted octanol–water partition coefficient (Wildman–Crippen LogP) is 17.4. The molecule has 0 saturated heterocycles. The second-order valence-electron chi connectivity index (χ2n) is 18.6. The maximum Gasteiger partial charge on any atom is 0.159 e. The molecule has 4 heterocycles. The summed E-state index contributed by atoms with van der Waals surface area (Å²) in [5.41, 5.74) is 18.7. The van der Waals surface area contributed by atoms with Crippen molar-refractivity contribution in [1.29, 1.82) is 0 Å².